The molecule has 0 saturated carbocycles. The van der Waals surface area contributed by atoms with Crippen LogP contribution in [0.25, 0.3) is 0 Å². The van der Waals surface area contributed by atoms with Crippen LogP contribution in [0, 0.1) is 5.92 Å². The molecule has 0 aliphatic carbocycles. The highest BCUT2D eigenvalue weighted by molar-refractivity contribution is 5.95. The van der Waals surface area contributed by atoms with Crippen molar-refractivity contribution >= 4 is 11.7 Å². The Labute approximate surface area is 154 Å². The molecule has 1 amide bonds. The normalized spacial score (nSPS) is 17.3. The van der Waals surface area contributed by atoms with E-state index in [9.17, 15) is 9.59 Å². The third-order valence-corrected chi connectivity index (χ3v) is 5.12. The van der Waals surface area contributed by atoms with Gasteiger partial charge in [0.15, 0.2) is 0 Å². The fraction of sp³-hybridized carbons (Fsp3) is 0.476. The number of carbonyl (C=O) groups excluding carboxylic acids is 2. The number of likely N-dealkylation sites (tertiary alicyclic amines) is 1. The zero-order valence-corrected chi connectivity index (χ0v) is 15.4. The van der Waals surface area contributed by atoms with Gasteiger partial charge in [-0.1, -0.05) is 43.7 Å². The average molecular weight is 353 g/mol. The summed E-state index contributed by atoms with van der Waals surface area (Å²) in [6.07, 6.45) is 6.47. The molecular formula is C21H27N3O2. The fourth-order valence-corrected chi connectivity index (χ4v) is 3.65. The topological polar surface area (TPSA) is 66.1 Å². The maximum atomic E-state index is 12.9. The number of benzene rings is 1. The SMILES string of the molecule is CCCc1[nH]ncc1C(=O)N1CCC[C@@H](C(=O)CCc2ccccc2)C1. The molecule has 1 saturated heterocycles. The van der Waals surface area contributed by atoms with Gasteiger partial charge in [-0.3, -0.25) is 14.7 Å². The highest BCUT2D eigenvalue weighted by atomic mass is 16.2. The highest BCUT2D eigenvalue weighted by Crippen LogP contribution is 2.22. The number of rotatable bonds is 7. The van der Waals surface area contributed by atoms with E-state index in [0.29, 0.717) is 18.5 Å². The number of carbonyl (C=O) groups is 2. The molecule has 1 fully saturated rings. The van der Waals surface area contributed by atoms with E-state index in [2.05, 4.69) is 29.3 Å². The molecule has 0 bridgehead atoms. The third kappa shape index (κ3) is 4.40. The summed E-state index contributed by atoms with van der Waals surface area (Å²) in [5, 5.41) is 6.97. The number of aryl methyl sites for hydroxylation is 2. The Hall–Kier alpha value is -2.43. The molecule has 2 aromatic rings. The zero-order valence-electron chi connectivity index (χ0n) is 15.4. The number of aromatic nitrogens is 2. The Kier molecular flexibility index (Phi) is 6.21. The highest BCUT2D eigenvalue weighted by Gasteiger charge is 2.29. The molecule has 0 unspecified atom stereocenters. The van der Waals surface area contributed by atoms with Crippen LogP contribution in [0.1, 0.15) is 54.2 Å². The first-order chi connectivity index (χ1) is 12.7. The van der Waals surface area contributed by atoms with Crippen molar-refractivity contribution in [2.24, 2.45) is 5.92 Å². The minimum atomic E-state index is -0.0436. The van der Waals surface area contributed by atoms with Crippen LogP contribution in [0.3, 0.4) is 0 Å². The van der Waals surface area contributed by atoms with E-state index in [-0.39, 0.29) is 17.6 Å². The van der Waals surface area contributed by atoms with E-state index in [0.717, 1.165) is 44.3 Å². The van der Waals surface area contributed by atoms with Gasteiger partial charge in [-0.2, -0.15) is 5.10 Å². The lowest BCUT2D eigenvalue weighted by Crippen LogP contribution is -2.42. The van der Waals surface area contributed by atoms with Gasteiger partial charge in [-0.15, -0.1) is 0 Å². The summed E-state index contributed by atoms with van der Waals surface area (Å²) in [7, 11) is 0. The van der Waals surface area contributed by atoms with Crippen molar-refractivity contribution < 1.29 is 9.59 Å². The van der Waals surface area contributed by atoms with Crippen molar-refractivity contribution in [1.29, 1.82) is 0 Å². The van der Waals surface area contributed by atoms with Crippen molar-refractivity contribution in [3.63, 3.8) is 0 Å². The molecule has 1 N–H and O–H groups in total. The van der Waals surface area contributed by atoms with E-state index >= 15 is 0 Å². The third-order valence-electron chi connectivity index (χ3n) is 5.12. The summed E-state index contributed by atoms with van der Waals surface area (Å²) in [6.45, 7) is 3.33. The molecule has 1 aliphatic rings. The van der Waals surface area contributed by atoms with Crippen LogP contribution in [0.15, 0.2) is 36.5 Å². The molecular weight excluding hydrogens is 326 g/mol. The van der Waals surface area contributed by atoms with E-state index in [1.165, 1.54) is 5.56 Å². The predicted octanol–water partition coefficient (Wildman–Crippen LogP) is 3.42. The molecule has 0 spiro atoms. The molecule has 1 aromatic carbocycles. The molecule has 1 aliphatic heterocycles. The van der Waals surface area contributed by atoms with Gasteiger partial charge >= 0.3 is 0 Å². The molecule has 138 valence electrons. The fourth-order valence-electron chi connectivity index (χ4n) is 3.65. The second-order valence-corrected chi connectivity index (χ2v) is 7.05. The molecule has 26 heavy (non-hydrogen) atoms. The Morgan fingerprint density at radius 1 is 1.23 bits per heavy atom. The number of Topliss-reactive ketones (excluding diaryl/α,β-unsaturated/α-hetero) is 1. The largest absolute Gasteiger partial charge is 0.338 e. The van der Waals surface area contributed by atoms with Gasteiger partial charge in [0.2, 0.25) is 0 Å². The molecule has 2 heterocycles. The molecule has 0 radical (unpaired) electrons. The van der Waals surface area contributed by atoms with Crippen molar-refractivity contribution in [2.75, 3.05) is 13.1 Å². The number of ketones is 1. The summed E-state index contributed by atoms with van der Waals surface area (Å²) in [5.74, 6) is 0.230. The summed E-state index contributed by atoms with van der Waals surface area (Å²) < 4.78 is 0. The monoisotopic (exact) mass is 353 g/mol. The summed E-state index contributed by atoms with van der Waals surface area (Å²) in [6, 6.07) is 10.1. The number of nitrogens with one attached hydrogen (secondary N) is 1. The van der Waals surface area contributed by atoms with Gasteiger partial charge in [0, 0.05) is 31.1 Å². The summed E-state index contributed by atoms with van der Waals surface area (Å²) >= 11 is 0. The zero-order chi connectivity index (χ0) is 18.4. The first kappa shape index (κ1) is 18.4. The van der Waals surface area contributed by atoms with E-state index in [4.69, 9.17) is 0 Å². The summed E-state index contributed by atoms with van der Waals surface area (Å²) in [5.41, 5.74) is 2.74. The van der Waals surface area contributed by atoms with E-state index in [1.54, 1.807) is 6.20 Å². The molecule has 5 nitrogen and oxygen atoms in total. The van der Waals surface area contributed by atoms with Gasteiger partial charge in [-0.05, 0) is 31.2 Å². The quantitative estimate of drug-likeness (QED) is 0.829. The van der Waals surface area contributed by atoms with E-state index < -0.39 is 0 Å². The number of hydrogen-bond acceptors (Lipinski definition) is 3. The predicted molar refractivity (Wildman–Crippen MR) is 101 cm³/mol. The lowest BCUT2D eigenvalue weighted by atomic mass is 9.90. The van der Waals surface area contributed by atoms with Gasteiger partial charge in [-0.25, -0.2) is 0 Å². The van der Waals surface area contributed by atoms with Crippen LogP contribution in [0.2, 0.25) is 0 Å². The minimum Gasteiger partial charge on any atom is -0.338 e. The summed E-state index contributed by atoms with van der Waals surface area (Å²) in [4.78, 5) is 27.3. The van der Waals surface area contributed by atoms with Crippen molar-refractivity contribution in [2.45, 2.75) is 45.4 Å². The van der Waals surface area contributed by atoms with Gasteiger partial charge in [0.1, 0.15) is 5.78 Å². The van der Waals surface area contributed by atoms with Crippen LogP contribution in [-0.4, -0.2) is 39.9 Å². The number of aromatic amines is 1. The van der Waals surface area contributed by atoms with Gasteiger partial charge < -0.3 is 4.90 Å². The number of amides is 1. The van der Waals surface area contributed by atoms with Crippen LogP contribution in [0.4, 0.5) is 0 Å². The van der Waals surface area contributed by atoms with Gasteiger partial charge in [0.05, 0.1) is 11.8 Å². The number of hydrogen-bond donors (Lipinski definition) is 1. The van der Waals surface area contributed by atoms with Crippen LogP contribution < -0.4 is 0 Å². The Balaban J connectivity index is 1.58. The van der Waals surface area contributed by atoms with E-state index in [1.807, 2.05) is 23.1 Å². The van der Waals surface area contributed by atoms with Crippen LogP contribution in [-0.2, 0) is 17.6 Å². The van der Waals surface area contributed by atoms with Crippen molar-refractivity contribution in [3.05, 3.63) is 53.3 Å². The molecule has 1 atom stereocenters. The number of H-pyrrole nitrogens is 1. The first-order valence-electron chi connectivity index (χ1n) is 9.57. The lowest BCUT2D eigenvalue weighted by molar-refractivity contribution is -0.124. The smallest absolute Gasteiger partial charge is 0.257 e. The second-order valence-electron chi connectivity index (χ2n) is 7.05. The lowest BCUT2D eigenvalue weighted by Gasteiger charge is -2.32. The number of piperidine rings is 1. The Morgan fingerprint density at radius 3 is 2.81 bits per heavy atom. The molecule has 3 rings (SSSR count). The van der Waals surface area contributed by atoms with Gasteiger partial charge in [0.25, 0.3) is 5.91 Å². The standard InChI is InChI=1S/C21H27N3O2/c1-2-7-19-18(14-22-23-19)21(26)24-13-6-10-17(15-24)20(25)12-11-16-8-4-3-5-9-16/h3-5,8-9,14,17H,2,6-7,10-13,15H2,1H3,(H,22,23)/t17-/m1/s1. The molecule has 1 aromatic heterocycles. The molecule has 5 heteroatoms. The van der Waals surface area contributed by atoms with Crippen molar-refractivity contribution in [1.82, 2.24) is 15.1 Å². The Bertz CT molecular complexity index is 739. The maximum absolute atomic E-state index is 12.9. The van der Waals surface area contributed by atoms with Crippen LogP contribution in [0.5, 0.6) is 0 Å². The maximum Gasteiger partial charge on any atom is 0.257 e. The first-order valence-corrected chi connectivity index (χ1v) is 9.57. The Morgan fingerprint density at radius 2 is 2.04 bits per heavy atom. The number of nitrogens with zero attached hydrogens (tertiary/aromatic N) is 2. The minimum absolute atomic E-state index is 0.00255. The average Bonchev–Trinajstić information content (AvgIpc) is 3.15. The van der Waals surface area contributed by atoms with Crippen LogP contribution >= 0.6 is 0 Å². The van der Waals surface area contributed by atoms with Crippen molar-refractivity contribution in [3.8, 4) is 0 Å². The second kappa shape index (κ2) is 8.79.